The number of aromatic nitrogens is 3. The number of carbonyl (C=O) groups is 1. The van der Waals surface area contributed by atoms with E-state index in [2.05, 4.69) is 20.3 Å². The maximum Gasteiger partial charge on any atom is 0.255 e. The van der Waals surface area contributed by atoms with Gasteiger partial charge in [0.2, 0.25) is 0 Å². The molecule has 5 aromatic rings. The number of rotatable bonds is 5. The molecular formula is C27H18F2N4O2. The van der Waals surface area contributed by atoms with Crippen LogP contribution in [-0.2, 0) is 0 Å². The lowest BCUT2D eigenvalue weighted by Crippen LogP contribution is -2.12. The van der Waals surface area contributed by atoms with Crippen LogP contribution in [0.4, 0.5) is 14.5 Å². The minimum absolute atomic E-state index is 0.115. The van der Waals surface area contributed by atoms with E-state index >= 15 is 0 Å². The van der Waals surface area contributed by atoms with Gasteiger partial charge in [-0.25, -0.2) is 13.8 Å². The molecule has 1 amide bonds. The van der Waals surface area contributed by atoms with Gasteiger partial charge in [-0.05, 0) is 55.5 Å². The first-order valence-corrected chi connectivity index (χ1v) is 10.7. The van der Waals surface area contributed by atoms with Crippen molar-refractivity contribution in [3.05, 3.63) is 108 Å². The minimum atomic E-state index is -0.605. The quantitative estimate of drug-likeness (QED) is 0.327. The molecule has 6 nitrogen and oxygen atoms in total. The summed E-state index contributed by atoms with van der Waals surface area (Å²) in [6.45, 7) is 1.91. The fourth-order valence-corrected chi connectivity index (χ4v) is 3.48. The van der Waals surface area contributed by atoms with Crippen molar-refractivity contribution in [2.24, 2.45) is 0 Å². The fraction of sp³-hybridized carbons (Fsp3) is 0.0370. The molecule has 0 aliphatic heterocycles. The molecule has 0 saturated carbocycles. The van der Waals surface area contributed by atoms with Crippen LogP contribution in [0.1, 0.15) is 16.1 Å². The summed E-state index contributed by atoms with van der Waals surface area (Å²) in [6, 6.07) is 18.0. The number of benzene rings is 3. The first-order valence-electron chi connectivity index (χ1n) is 10.7. The molecule has 2 aromatic heterocycles. The van der Waals surface area contributed by atoms with Crippen LogP contribution in [0.2, 0.25) is 0 Å². The van der Waals surface area contributed by atoms with Gasteiger partial charge in [0.15, 0.2) is 0 Å². The van der Waals surface area contributed by atoms with E-state index in [4.69, 9.17) is 4.74 Å². The number of amides is 1. The number of anilines is 1. The Morgan fingerprint density at radius 1 is 0.829 bits per heavy atom. The average Bonchev–Trinajstić information content (AvgIpc) is 2.84. The predicted molar refractivity (Wildman–Crippen MR) is 128 cm³/mol. The fourth-order valence-electron chi connectivity index (χ4n) is 3.48. The van der Waals surface area contributed by atoms with Crippen LogP contribution >= 0.6 is 0 Å². The zero-order valence-corrected chi connectivity index (χ0v) is 18.5. The number of nitrogens with one attached hydrogen (secondary N) is 1. The molecule has 35 heavy (non-hydrogen) atoms. The molecule has 2 heterocycles. The van der Waals surface area contributed by atoms with Crippen molar-refractivity contribution in [2.45, 2.75) is 6.92 Å². The van der Waals surface area contributed by atoms with E-state index in [1.165, 1.54) is 30.3 Å². The Labute approximate surface area is 199 Å². The van der Waals surface area contributed by atoms with Crippen LogP contribution < -0.4 is 10.1 Å². The second-order valence-electron chi connectivity index (χ2n) is 7.84. The van der Waals surface area contributed by atoms with Gasteiger partial charge in [0, 0.05) is 46.9 Å². The van der Waals surface area contributed by atoms with Crippen LogP contribution in [-0.4, -0.2) is 20.9 Å². The Morgan fingerprint density at radius 3 is 2.51 bits per heavy atom. The van der Waals surface area contributed by atoms with E-state index in [1.807, 2.05) is 19.1 Å². The summed E-state index contributed by atoms with van der Waals surface area (Å²) >= 11 is 0. The second-order valence-corrected chi connectivity index (χ2v) is 7.84. The van der Waals surface area contributed by atoms with Crippen LogP contribution in [0.3, 0.4) is 0 Å². The van der Waals surface area contributed by atoms with E-state index in [9.17, 15) is 13.6 Å². The summed E-state index contributed by atoms with van der Waals surface area (Å²) in [6.07, 6.45) is 3.41. The molecule has 0 radical (unpaired) electrons. The lowest BCUT2D eigenvalue weighted by atomic mass is 10.2. The first kappa shape index (κ1) is 22.1. The summed E-state index contributed by atoms with van der Waals surface area (Å²) in [4.78, 5) is 25.8. The highest BCUT2D eigenvalue weighted by Gasteiger charge is 2.11. The lowest BCUT2D eigenvalue weighted by molar-refractivity contribution is 0.102. The van der Waals surface area contributed by atoms with Gasteiger partial charge in [0.1, 0.15) is 23.1 Å². The monoisotopic (exact) mass is 468 g/mol. The van der Waals surface area contributed by atoms with Gasteiger partial charge in [-0.2, -0.15) is 0 Å². The molecule has 0 saturated heterocycles. The maximum absolute atomic E-state index is 14.2. The predicted octanol–water partition coefficient (Wildman–Crippen LogP) is 6.32. The summed E-state index contributed by atoms with van der Waals surface area (Å²) < 4.78 is 33.5. The second kappa shape index (κ2) is 9.26. The molecular weight excluding hydrogens is 450 g/mol. The van der Waals surface area contributed by atoms with Crippen molar-refractivity contribution >= 4 is 22.6 Å². The molecule has 0 aliphatic carbocycles. The van der Waals surface area contributed by atoms with E-state index in [-0.39, 0.29) is 17.0 Å². The van der Waals surface area contributed by atoms with Gasteiger partial charge in [-0.1, -0.05) is 6.07 Å². The highest BCUT2D eigenvalue weighted by molar-refractivity contribution is 6.04. The van der Waals surface area contributed by atoms with Crippen LogP contribution in [0.15, 0.2) is 85.2 Å². The molecule has 0 bridgehead atoms. The maximum atomic E-state index is 14.2. The highest BCUT2D eigenvalue weighted by Crippen LogP contribution is 2.28. The summed E-state index contributed by atoms with van der Waals surface area (Å²) in [7, 11) is 0. The molecule has 8 heteroatoms. The number of fused-ring (bicyclic) bond motifs is 1. The van der Waals surface area contributed by atoms with Gasteiger partial charge >= 0.3 is 0 Å². The van der Waals surface area contributed by atoms with Gasteiger partial charge in [0.05, 0.1) is 22.9 Å². The third-order valence-corrected chi connectivity index (χ3v) is 5.17. The largest absolute Gasteiger partial charge is 0.457 e. The van der Waals surface area contributed by atoms with Gasteiger partial charge in [0.25, 0.3) is 5.91 Å². The van der Waals surface area contributed by atoms with Crippen LogP contribution in [0.25, 0.3) is 22.3 Å². The van der Waals surface area contributed by atoms with Crippen LogP contribution in [0.5, 0.6) is 11.5 Å². The third kappa shape index (κ3) is 5.11. The zero-order chi connectivity index (χ0) is 24.4. The lowest BCUT2D eigenvalue weighted by Gasteiger charge is -2.10. The van der Waals surface area contributed by atoms with Crippen molar-refractivity contribution in [1.82, 2.24) is 15.0 Å². The molecule has 0 aliphatic rings. The minimum Gasteiger partial charge on any atom is -0.457 e. The first-order chi connectivity index (χ1) is 16.9. The number of aryl methyl sites for hydroxylation is 1. The Morgan fingerprint density at radius 2 is 1.71 bits per heavy atom. The van der Waals surface area contributed by atoms with E-state index in [0.717, 1.165) is 23.4 Å². The molecule has 5 rings (SSSR count). The normalized spacial score (nSPS) is 10.8. The average molecular weight is 468 g/mol. The Bertz CT molecular complexity index is 1560. The van der Waals surface area contributed by atoms with E-state index in [1.54, 1.807) is 30.6 Å². The molecule has 0 spiro atoms. The van der Waals surface area contributed by atoms with E-state index in [0.29, 0.717) is 22.5 Å². The van der Waals surface area contributed by atoms with Crippen molar-refractivity contribution in [1.29, 1.82) is 0 Å². The smallest absolute Gasteiger partial charge is 0.255 e. The number of ether oxygens (including phenoxy) is 1. The number of hydrogen-bond donors (Lipinski definition) is 1. The highest BCUT2D eigenvalue weighted by atomic mass is 19.1. The number of hydrogen-bond acceptors (Lipinski definition) is 5. The van der Waals surface area contributed by atoms with Crippen molar-refractivity contribution < 1.29 is 18.3 Å². The molecule has 0 atom stereocenters. The molecule has 172 valence electrons. The summed E-state index contributed by atoms with van der Waals surface area (Å²) in [5, 5.41) is 2.56. The van der Waals surface area contributed by atoms with Crippen molar-refractivity contribution in [3.63, 3.8) is 0 Å². The standard InChI is InChI=1S/C27H18F2N4O2/c1-16-5-6-18(14-30-16)26-15-31-24-8-7-22(13-25(24)33-26)35-23-11-20(29)10-21(12-23)32-27(34)17-3-2-4-19(28)9-17/h2-15H,1H3,(H,32,34). The third-order valence-electron chi connectivity index (χ3n) is 5.17. The summed E-state index contributed by atoms with van der Waals surface area (Å²) in [5.41, 5.74) is 3.95. The van der Waals surface area contributed by atoms with Crippen molar-refractivity contribution in [2.75, 3.05) is 5.32 Å². The van der Waals surface area contributed by atoms with E-state index < -0.39 is 17.5 Å². The number of carbonyl (C=O) groups excluding carboxylic acids is 1. The van der Waals surface area contributed by atoms with Crippen molar-refractivity contribution in [3.8, 4) is 22.8 Å². The van der Waals surface area contributed by atoms with Crippen LogP contribution in [0, 0.1) is 18.6 Å². The van der Waals surface area contributed by atoms with Gasteiger partial charge < -0.3 is 10.1 Å². The molecule has 0 unspecified atom stereocenters. The zero-order valence-electron chi connectivity index (χ0n) is 18.5. The molecule has 0 fully saturated rings. The molecule has 1 N–H and O–H groups in total. The number of pyridine rings is 1. The van der Waals surface area contributed by atoms with Gasteiger partial charge in [-0.3, -0.25) is 14.8 Å². The topological polar surface area (TPSA) is 77.0 Å². The number of halogens is 2. The molecule has 3 aromatic carbocycles. The SMILES string of the molecule is Cc1ccc(-c2cnc3ccc(Oc4cc(F)cc(NC(=O)c5cccc(F)c5)c4)cc3n2)cn1. The van der Waals surface area contributed by atoms with Gasteiger partial charge in [-0.15, -0.1) is 0 Å². The Balaban J connectivity index is 1.39. The Kier molecular flexibility index (Phi) is 5.85. The number of nitrogens with zero attached hydrogens (tertiary/aromatic N) is 3. The summed E-state index contributed by atoms with van der Waals surface area (Å²) in [5.74, 6) is -1.13. The Hall–Kier alpha value is -4.72.